The molecule has 0 saturated carbocycles. The molecule has 0 unspecified atom stereocenters. The molecule has 1 saturated heterocycles. The Labute approximate surface area is 42.8 Å². The summed E-state index contributed by atoms with van der Waals surface area (Å²) in [5, 5.41) is 2.79. The predicted molar refractivity (Wildman–Crippen MR) is 26.3 cm³/mol. The van der Waals surface area contributed by atoms with Crippen molar-refractivity contribution in [2.75, 3.05) is 6.54 Å². The largest absolute Gasteiger partial charge is 0.287 e. The quantitative estimate of drug-likeness (QED) is 0.343. The van der Waals surface area contributed by atoms with Gasteiger partial charge in [-0.3, -0.25) is 5.34 Å². The highest BCUT2D eigenvalue weighted by Crippen LogP contribution is 1.95. The van der Waals surface area contributed by atoms with E-state index in [-0.39, 0.29) is 0 Å². The summed E-state index contributed by atoms with van der Waals surface area (Å²) in [6.45, 7) is 0.918. The van der Waals surface area contributed by atoms with E-state index in [0.29, 0.717) is 0 Å². The van der Waals surface area contributed by atoms with Gasteiger partial charge in [0.2, 0.25) is 7.41 Å². The molecule has 0 aromatic carbocycles. The molecular formula is C2H5BClN2. The third kappa shape index (κ3) is 0.866. The topological polar surface area (TPSA) is 15.3 Å². The van der Waals surface area contributed by atoms with Gasteiger partial charge in [0, 0.05) is 6.54 Å². The second kappa shape index (κ2) is 1.82. The first-order chi connectivity index (χ1) is 2.89. The van der Waals surface area contributed by atoms with Crippen LogP contribution in [0.1, 0.15) is 0 Å². The van der Waals surface area contributed by atoms with Crippen LogP contribution in [0.5, 0.6) is 0 Å². The minimum absolute atomic E-state index is 0.918. The minimum atomic E-state index is 0.918. The molecule has 4 heteroatoms. The standard InChI is InChI=1S/C2H5BClN2/c4-6-2-1-3-5-6/h5H,1-2H2. The van der Waals surface area contributed by atoms with Crippen LogP contribution in [-0.4, -0.2) is 18.5 Å². The zero-order valence-corrected chi connectivity index (χ0v) is 4.07. The monoisotopic (exact) mass is 103 g/mol. The average Bonchev–Trinajstić information content (AvgIpc) is 1.86. The molecule has 1 heterocycles. The molecule has 1 radical (unpaired) electrons. The fourth-order valence-corrected chi connectivity index (χ4v) is 0.573. The molecule has 1 fully saturated rings. The van der Waals surface area contributed by atoms with Gasteiger partial charge in [-0.25, -0.2) is 0 Å². The summed E-state index contributed by atoms with van der Waals surface area (Å²) in [5.41, 5.74) is 0. The maximum absolute atomic E-state index is 5.40. The zero-order valence-electron chi connectivity index (χ0n) is 3.32. The lowest BCUT2D eigenvalue weighted by atomic mass is 9.94. The van der Waals surface area contributed by atoms with E-state index in [1.54, 1.807) is 0 Å². The lowest BCUT2D eigenvalue weighted by Gasteiger charge is -1.99. The Kier molecular flexibility index (Phi) is 1.35. The minimum Gasteiger partial charge on any atom is -0.287 e. The molecule has 0 amide bonds. The van der Waals surface area contributed by atoms with Crippen molar-refractivity contribution in [3.8, 4) is 0 Å². The molecule has 0 aromatic rings. The SMILES string of the molecule is ClN1CC[B]N1. The van der Waals surface area contributed by atoms with E-state index in [1.165, 1.54) is 4.53 Å². The van der Waals surface area contributed by atoms with Crippen molar-refractivity contribution >= 4 is 19.2 Å². The first-order valence-corrected chi connectivity index (χ1v) is 2.24. The van der Waals surface area contributed by atoms with Gasteiger partial charge in [-0.15, -0.1) is 0 Å². The third-order valence-corrected chi connectivity index (χ3v) is 0.968. The van der Waals surface area contributed by atoms with Gasteiger partial charge >= 0.3 is 0 Å². The van der Waals surface area contributed by atoms with E-state index in [1.807, 2.05) is 7.41 Å². The van der Waals surface area contributed by atoms with Gasteiger partial charge in [-0.2, -0.15) is 4.53 Å². The van der Waals surface area contributed by atoms with E-state index in [2.05, 4.69) is 5.34 Å². The lowest BCUT2D eigenvalue weighted by Crippen LogP contribution is -2.21. The molecule has 2 nitrogen and oxygen atoms in total. The van der Waals surface area contributed by atoms with Crippen molar-refractivity contribution in [3.63, 3.8) is 0 Å². The highest BCUT2D eigenvalue weighted by molar-refractivity contribution is 6.35. The first-order valence-electron chi connectivity index (χ1n) is 1.91. The van der Waals surface area contributed by atoms with E-state index in [0.717, 1.165) is 12.9 Å². The zero-order chi connectivity index (χ0) is 4.41. The molecule has 1 N–H and O–H groups in total. The number of rotatable bonds is 0. The van der Waals surface area contributed by atoms with Crippen molar-refractivity contribution < 1.29 is 0 Å². The van der Waals surface area contributed by atoms with Crippen LogP contribution in [0.15, 0.2) is 0 Å². The van der Waals surface area contributed by atoms with Crippen molar-refractivity contribution in [3.05, 3.63) is 0 Å². The van der Waals surface area contributed by atoms with Crippen LogP contribution < -0.4 is 5.34 Å². The van der Waals surface area contributed by atoms with Gasteiger partial charge < -0.3 is 0 Å². The van der Waals surface area contributed by atoms with Crippen molar-refractivity contribution in [1.29, 1.82) is 0 Å². The van der Waals surface area contributed by atoms with E-state index in [9.17, 15) is 0 Å². The Morgan fingerprint density at radius 2 is 2.67 bits per heavy atom. The predicted octanol–water partition coefficient (Wildman–Crippen LogP) is -0.00210. The van der Waals surface area contributed by atoms with Gasteiger partial charge in [0.25, 0.3) is 0 Å². The summed E-state index contributed by atoms with van der Waals surface area (Å²) < 4.78 is 1.53. The van der Waals surface area contributed by atoms with Crippen LogP contribution in [0.3, 0.4) is 0 Å². The van der Waals surface area contributed by atoms with E-state index in [4.69, 9.17) is 11.8 Å². The molecule has 1 aliphatic heterocycles. The summed E-state index contributed by atoms with van der Waals surface area (Å²) in [5.74, 6) is 0. The second-order valence-electron chi connectivity index (χ2n) is 1.21. The molecule has 0 aromatic heterocycles. The van der Waals surface area contributed by atoms with Crippen LogP contribution >= 0.6 is 11.8 Å². The number of halogens is 1. The van der Waals surface area contributed by atoms with E-state index >= 15 is 0 Å². The summed E-state index contributed by atoms with van der Waals surface area (Å²) in [6.07, 6.45) is 1.05. The van der Waals surface area contributed by atoms with Crippen LogP contribution in [-0.2, 0) is 0 Å². The third-order valence-electron chi connectivity index (χ3n) is 0.701. The maximum Gasteiger partial charge on any atom is 0.228 e. The second-order valence-corrected chi connectivity index (χ2v) is 1.62. The molecule has 33 valence electrons. The summed E-state index contributed by atoms with van der Waals surface area (Å²) in [4.78, 5) is 0. The van der Waals surface area contributed by atoms with Gasteiger partial charge in [0.1, 0.15) is 0 Å². The molecule has 0 atom stereocenters. The molecule has 1 aliphatic rings. The Morgan fingerprint density at radius 3 is 2.83 bits per heavy atom. The summed E-state index contributed by atoms with van der Waals surface area (Å²) in [6, 6.07) is 0. The Morgan fingerprint density at radius 1 is 1.83 bits per heavy atom. The number of nitrogens with one attached hydrogen (secondary N) is 1. The summed E-state index contributed by atoms with van der Waals surface area (Å²) in [7, 11) is 1.92. The van der Waals surface area contributed by atoms with E-state index < -0.39 is 0 Å². The molecule has 0 bridgehead atoms. The smallest absolute Gasteiger partial charge is 0.228 e. The Balaban J connectivity index is 2.18. The number of hydrogen-bond donors (Lipinski definition) is 1. The summed E-state index contributed by atoms with van der Waals surface area (Å²) >= 11 is 5.40. The van der Waals surface area contributed by atoms with Gasteiger partial charge in [-0.1, -0.05) is 0 Å². The number of nitrogens with zero attached hydrogens (tertiary/aromatic N) is 1. The molecule has 1 rings (SSSR count). The van der Waals surface area contributed by atoms with Gasteiger partial charge in [-0.05, 0) is 18.1 Å². The molecule has 0 spiro atoms. The fourth-order valence-electron chi connectivity index (χ4n) is 0.406. The number of hydrogen-bond acceptors (Lipinski definition) is 2. The van der Waals surface area contributed by atoms with Crippen molar-refractivity contribution in [2.24, 2.45) is 0 Å². The lowest BCUT2D eigenvalue weighted by molar-refractivity contribution is 0.483. The van der Waals surface area contributed by atoms with Crippen LogP contribution in [0, 0.1) is 0 Å². The Hall–Kier alpha value is 0.275. The highest BCUT2D eigenvalue weighted by Gasteiger charge is 2.06. The van der Waals surface area contributed by atoms with Crippen molar-refractivity contribution in [1.82, 2.24) is 9.86 Å². The van der Waals surface area contributed by atoms with Crippen LogP contribution in [0.2, 0.25) is 6.32 Å². The van der Waals surface area contributed by atoms with Crippen LogP contribution in [0.25, 0.3) is 0 Å². The normalized spacial score (nSPS) is 24.2. The average molecular weight is 103 g/mol. The molecule has 0 aliphatic carbocycles. The molecule has 6 heavy (non-hydrogen) atoms. The first kappa shape index (κ1) is 4.43. The number of hydrazine groups is 1. The van der Waals surface area contributed by atoms with Gasteiger partial charge in [0.05, 0.1) is 0 Å². The molecular weight excluding hydrogens is 98.3 g/mol. The maximum atomic E-state index is 5.40. The van der Waals surface area contributed by atoms with Crippen LogP contribution in [0.4, 0.5) is 0 Å². The van der Waals surface area contributed by atoms with Crippen molar-refractivity contribution in [2.45, 2.75) is 6.32 Å². The fraction of sp³-hybridized carbons (Fsp3) is 1.00. The van der Waals surface area contributed by atoms with Gasteiger partial charge in [0.15, 0.2) is 0 Å². The Bertz CT molecular complexity index is 44.8. The highest BCUT2D eigenvalue weighted by atomic mass is 35.5.